The van der Waals surface area contributed by atoms with Crippen LogP contribution in [0.3, 0.4) is 0 Å². The number of nitrogens with zero attached hydrogens (tertiary/aromatic N) is 14. The van der Waals surface area contributed by atoms with Crippen LogP contribution in [0.2, 0.25) is 13.3 Å². The van der Waals surface area contributed by atoms with Gasteiger partial charge in [0.25, 0.3) is 0 Å². The van der Waals surface area contributed by atoms with Crippen molar-refractivity contribution in [3.8, 4) is 22.7 Å². The van der Waals surface area contributed by atoms with Crippen molar-refractivity contribution in [2.24, 2.45) is 0 Å². The van der Waals surface area contributed by atoms with Gasteiger partial charge in [0.05, 0.1) is 12.4 Å². The maximum absolute atomic E-state index is 13.0. The van der Waals surface area contributed by atoms with Crippen molar-refractivity contribution in [1.82, 2.24) is 49.0 Å². The summed E-state index contributed by atoms with van der Waals surface area (Å²) in [6.07, 6.45) is 33.5. The molecule has 2 aliphatic heterocycles. The number of rotatable bonds is 17. The van der Waals surface area contributed by atoms with Crippen molar-refractivity contribution >= 4 is 94.8 Å². The number of hydrogen-bond donors (Lipinski definition) is 0. The number of imidazole rings is 2. The molecule has 2 amide bonds. The molecule has 0 unspecified atom stereocenters. The number of carbonyl (C=O) groups excluding carboxylic acids is 2. The molecule has 72 heavy (non-hydrogen) atoms. The number of carbonyl (C=O) groups is 2. The average molecular weight is 1190 g/mol. The molecular formula is C52H73BrN14O2S2Sn. The van der Waals surface area contributed by atoms with Gasteiger partial charge in [-0.15, -0.1) is 11.3 Å². The summed E-state index contributed by atoms with van der Waals surface area (Å²) >= 11 is 4.79. The SMILES string of the molecule is CCC[CH2][Sn]([CH2]CCC)([CH2]CCC)[c]1nccs1.CC[C@@H]1C(=O)N(C)c2cnc(-n3ccnc3-c3nccs3)nc2N1C1CCCC1.CC[C@@H]1C(=O)N(C)c2cnc(-n3ccnc3Br)nc2N1C1CCCC1. The second-order valence-electron chi connectivity index (χ2n) is 19.5. The predicted octanol–water partition coefficient (Wildman–Crippen LogP) is 11.4. The molecule has 4 aliphatic rings. The van der Waals surface area contributed by atoms with Gasteiger partial charge in [0, 0.05) is 62.5 Å². The molecule has 16 nitrogen and oxygen atoms in total. The van der Waals surface area contributed by atoms with E-state index in [1.54, 1.807) is 61.7 Å². The molecule has 20 heteroatoms. The molecule has 2 atom stereocenters. The molecule has 0 N–H and O–H groups in total. The molecule has 2 saturated carbocycles. The standard InChI is InChI=1S/C20H23N7OS.C17H21BrN6O.3C4H9.C3H2NS.Sn/c1-3-14-19(28)25(2)15-12-23-20(24-16(15)27(14)13-6-4-5-7-13)26-10-8-21-17(26)18-22-9-11-29-18;1-3-12-15(25)22(2)13-10-20-17(23-9-8-19-16(23)18)21-14(13)24(12)11-6-4-5-7-11;3*1-3-4-2;1-2-5-3-4-1;/h8-14H,3-7H2,1-2H3;8-12H,3-7H2,1-2H3;3*1,3-4H2,2H3;1-2H;/t14-;12-;;;;;/m11...../s1. The largest absolute Gasteiger partial charge is 0.340 e. The van der Waals surface area contributed by atoms with Crippen molar-refractivity contribution < 1.29 is 9.59 Å². The fourth-order valence-corrected chi connectivity index (χ4v) is 31.3. The number of hydrogen-bond acceptors (Lipinski definition) is 14. The van der Waals surface area contributed by atoms with Crippen molar-refractivity contribution in [1.29, 1.82) is 0 Å². The summed E-state index contributed by atoms with van der Waals surface area (Å²) < 4.78 is 10.6. The quantitative estimate of drug-likeness (QED) is 0.0797. The second kappa shape index (κ2) is 25.3. The number of anilines is 4. The van der Waals surface area contributed by atoms with Crippen LogP contribution >= 0.6 is 38.6 Å². The zero-order valence-corrected chi connectivity index (χ0v) is 49.4. The third kappa shape index (κ3) is 11.5. The monoisotopic (exact) mass is 1190 g/mol. The molecule has 0 bridgehead atoms. The van der Waals surface area contributed by atoms with E-state index in [1.165, 1.54) is 75.5 Å². The van der Waals surface area contributed by atoms with Crippen LogP contribution < -0.4 is 22.6 Å². The number of amides is 2. The minimum atomic E-state index is -2.12. The zero-order valence-electron chi connectivity index (χ0n) is 43.3. The number of likely N-dealkylation sites (N-methyl/N-ethyl adjacent to an activating group) is 2. The summed E-state index contributed by atoms with van der Waals surface area (Å²) in [4.78, 5) is 70.4. The summed E-state index contributed by atoms with van der Waals surface area (Å²) in [6.45, 7) is 11.1. The minimum Gasteiger partial charge on any atom is -0.340 e. The van der Waals surface area contributed by atoms with Crippen LogP contribution in [0.5, 0.6) is 0 Å². The van der Waals surface area contributed by atoms with Gasteiger partial charge in [-0.05, 0) is 54.5 Å². The van der Waals surface area contributed by atoms with E-state index in [1.807, 2.05) is 54.0 Å². The summed E-state index contributed by atoms with van der Waals surface area (Å²) in [5.74, 6) is 3.77. The maximum Gasteiger partial charge on any atom is 0.249 e. The molecule has 0 radical (unpaired) electrons. The van der Waals surface area contributed by atoms with Crippen molar-refractivity contribution in [3.63, 3.8) is 0 Å². The van der Waals surface area contributed by atoms with Gasteiger partial charge in [-0.1, -0.05) is 39.5 Å². The van der Waals surface area contributed by atoms with E-state index in [0.717, 1.165) is 72.4 Å². The Morgan fingerprint density at radius 3 is 1.50 bits per heavy atom. The van der Waals surface area contributed by atoms with Crippen LogP contribution in [-0.2, 0) is 9.59 Å². The van der Waals surface area contributed by atoms with E-state index < -0.39 is 18.4 Å². The fraction of sp³-hybridized carbons (Fsp3) is 0.577. The Labute approximate surface area is 446 Å². The van der Waals surface area contributed by atoms with E-state index >= 15 is 0 Å². The van der Waals surface area contributed by atoms with Gasteiger partial charge in [-0.3, -0.25) is 18.7 Å². The average Bonchev–Trinajstić information content (AvgIpc) is 4.27. The van der Waals surface area contributed by atoms with Crippen molar-refractivity contribution in [2.45, 2.75) is 175 Å². The van der Waals surface area contributed by atoms with E-state index in [0.29, 0.717) is 28.7 Å². The Kier molecular flexibility index (Phi) is 18.9. The van der Waals surface area contributed by atoms with Crippen LogP contribution in [0.25, 0.3) is 22.7 Å². The van der Waals surface area contributed by atoms with E-state index in [2.05, 4.69) is 90.6 Å². The van der Waals surface area contributed by atoms with Gasteiger partial charge in [-0.25, -0.2) is 24.9 Å². The normalized spacial score (nSPS) is 18.3. The molecule has 386 valence electrons. The summed E-state index contributed by atoms with van der Waals surface area (Å²) in [7, 11) is 3.63. The molecule has 2 fully saturated rings. The molecule has 6 aromatic heterocycles. The zero-order chi connectivity index (χ0) is 50.8. The Balaban J connectivity index is 0.000000149. The summed E-state index contributed by atoms with van der Waals surface area (Å²) in [5.41, 5.74) is 1.55. The molecular weight excluding hydrogens is 1120 g/mol. The van der Waals surface area contributed by atoms with Gasteiger partial charge in [0.2, 0.25) is 23.7 Å². The van der Waals surface area contributed by atoms with Gasteiger partial charge in [0.1, 0.15) is 23.5 Å². The minimum absolute atomic E-state index is 0.120. The number of thiazole rings is 2. The molecule has 2 aliphatic carbocycles. The first-order valence-corrected chi connectivity index (χ1v) is 36.5. The number of fused-ring (bicyclic) bond motifs is 2. The molecule has 10 rings (SSSR count). The van der Waals surface area contributed by atoms with Gasteiger partial charge < -0.3 is 19.6 Å². The topological polar surface area (TPSA) is 160 Å². The number of unbranched alkanes of at least 4 members (excludes halogenated alkanes) is 3. The molecule has 8 heterocycles. The van der Waals surface area contributed by atoms with E-state index in [-0.39, 0.29) is 23.9 Å². The summed E-state index contributed by atoms with van der Waals surface area (Å²) in [5, 5.41) is 4.95. The molecule has 0 spiro atoms. The van der Waals surface area contributed by atoms with E-state index in [9.17, 15) is 9.59 Å². The van der Waals surface area contributed by atoms with Crippen LogP contribution in [0, 0.1) is 0 Å². The third-order valence-corrected chi connectivity index (χ3v) is 35.0. The first-order chi connectivity index (χ1) is 35.1. The molecule has 0 saturated heterocycles. The van der Waals surface area contributed by atoms with Crippen molar-refractivity contribution in [3.05, 3.63) is 65.1 Å². The predicted molar refractivity (Wildman–Crippen MR) is 298 cm³/mol. The Morgan fingerprint density at radius 2 is 1.07 bits per heavy atom. The fourth-order valence-electron chi connectivity index (χ4n) is 11.1. The van der Waals surface area contributed by atoms with E-state index in [4.69, 9.17) is 15.0 Å². The van der Waals surface area contributed by atoms with Gasteiger partial charge in [0.15, 0.2) is 27.2 Å². The Morgan fingerprint density at radius 1 is 0.597 bits per heavy atom. The third-order valence-electron chi connectivity index (χ3n) is 15.0. The second-order valence-corrected chi connectivity index (χ2v) is 36.0. The van der Waals surface area contributed by atoms with Gasteiger partial charge in [-0.2, -0.15) is 9.97 Å². The molecule has 6 aromatic rings. The number of halogens is 1. The van der Waals surface area contributed by atoms with Gasteiger partial charge >= 0.3 is 122 Å². The summed E-state index contributed by atoms with van der Waals surface area (Å²) in [6, 6.07) is 0.379. The van der Waals surface area contributed by atoms with Crippen LogP contribution in [0.4, 0.5) is 23.0 Å². The molecule has 0 aromatic carbocycles. The van der Waals surface area contributed by atoms with Crippen LogP contribution in [0.1, 0.15) is 137 Å². The Bertz CT molecular complexity index is 2650. The van der Waals surface area contributed by atoms with Crippen LogP contribution in [0.15, 0.2) is 65.1 Å². The smallest absolute Gasteiger partial charge is 0.249 e. The first-order valence-electron chi connectivity index (χ1n) is 26.5. The Hall–Kier alpha value is -4.34. The van der Waals surface area contributed by atoms with Crippen molar-refractivity contribution in [2.75, 3.05) is 33.7 Å². The number of aromatic nitrogens is 10. The first kappa shape index (κ1) is 53.9. The van der Waals surface area contributed by atoms with Crippen LogP contribution in [-0.4, -0.2) is 117 Å². The maximum atomic E-state index is 13.0.